The van der Waals surface area contributed by atoms with E-state index in [2.05, 4.69) is 88.5 Å². The number of nitrogens with zero attached hydrogens (tertiary/aromatic N) is 1. The van der Waals surface area contributed by atoms with Gasteiger partial charge in [-0.2, -0.15) is 0 Å². The van der Waals surface area contributed by atoms with Gasteiger partial charge in [0.15, 0.2) is 11.5 Å². The highest BCUT2D eigenvalue weighted by atomic mass is 16.9. The van der Waals surface area contributed by atoms with Gasteiger partial charge in [0, 0.05) is 41.9 Å². The van der Waals surface area contributed by atoms with Crippen LogP contribution in [0, 0.1) is 0 Å². The predicted octanol–water partition coefficient (Wildman–Crippen LogP) is 5.09. The van der Waals surface area contributed by atoms with Crippen molar-refractivity contribution in [2.24, 2.45) is 0 Å². The highest BCUT2D eigenvalue weighted by molar-refractivity contribution is 5.83. The van der Waals surface area contributed by atoms with Gasteiger partial charge in [0.25, 0.3) is 0 Å². The number of hydrogen-bond acceptors (Lipinski definition) is 4. The van der Waals surface area contributed by atoms with E-state index in [1.54, 1.807) is 0 Å². The number of hydrogen-bond donors (Lipinski definition) is 2. The molecule has 6 rings (SSSR count). The molecule has 4 aromatic rings. The maximum absolute atomic E-state index is 5.48. The molecule has 5 heteroatoms. The molecule has 0 aliphatic carbocycles. The normalized spacial score (nSPS) is 17.7. The van der Waals surface area contributed by atoms with Crippen LogP contribution in [0.3, 0.4) is 0 Å². The summed E-state index contributed by atoms with van der Waals surface area (Å²) >= 11 is 0. The second-order valence-electron chi connectivity index (χ2n) is 8.41. The fraction of sp³-hybridized carbons (Fsp3) is 0.231. The van der Waals surface area contributed by atoms with E-state index in [-0.39, 0.29) is 0 Å². The Hall–Kier alpha value is -3.28. The predicted molar refractivity (Wildman–Crippen MR) is 121 cm³/mol. The molecule has 0 radical (unpaired) electrons. The van der Waals surface area contributed by atoms with Crippen LogP contribution in [0.4, 0.5) is 0 Å². The fourth-order valence-electron chi connectivity index (χ4n) is 5.01. The van der Waals surface area contributed by atoms with Crippen molar-refractivity contribution in [3.05, 3.63) is 95.2 Å². The van der Waals surface area contributed by atoms with Crippen molar-refractivity contribution in [1.29, 1.82) is 0 Å². The molecule has 2 aliphatic heterocycles. The molecule has 0 bridgehead atoms. The Kier molecular flexibility index (Phi) is 4.63. The molecule has 0 amide bonds. The molecule has 1 aromatic heterocycles. The van der Waals surface area contributed by atoms with Gasteiger partial charge in [0.1, 0.15) is 0 Å². The highest BCUT2D eigenvalue weighted by Gasteiger charge is 2.30. The van der Waals surface area contributed by atoms with Gasteiger partial charge < -0.3 is 14.7 Å². The summed E-state index contributed by atoms with van der Waals surface area (Å²) in [6, 6.07) is 23.9. The largest absolute Gasteiger partial charge is 0.370 e. The average Bonchev–Trinajstić information content (AvgIpc) is 3.44. The molecule has 2 aliphatic rings. The van der Waals surface area contributed by atoms with Crippen LogP contribution in [0.15, 0.2) is 72.9 Å². The van der Waals surface area contributed by atoms with Gasteiger partial charge in [0.05, 0.1) is 0 Å². The van der Waals surface area contributed by atoms with Crippen LogP contribution in [-0.2, 0) is 19.4 Å². The molecule has 156 valence electrons. The molecular formula is C26H25N3O2. The van der Waals surface area contributed by atoms with Gasteiger partial charge in [-0.05, 0) is 59.7 Å². The molecule has 2 N–H and O–H groups in total. The lowest BCUT2D eigenvalue weighted by molar-refractivity contribution is 0.0259. The van der Waals surface area contributed by atoms with Crippen molar-refractivity contribution in [2.45, 2.75) is 31.8 Å². The van der Waals surface area contributed by atoms with E-state index in [1.807, 2.05) is 0 Å². The minimum Gasteiger partial charge on any atom is -0.370 e. The van der Waals surface area contributed by atoms with Crippen molar-refractivity contribution in [1.82, 2.24) is 15.5 Å². The number of aromatic nitrogens is 1. The van der Waals surface area contributed by atoms with E-state index in [4.69, 9.17) is 9.68 Å². The second-order valence-corrected chi connectivity index (χ2v) is 8.41. The quantitative estimate of drug-likeness (QED) is 0.480. The molecule has 1 atom stereocenters. The van der Waals surface area contributed by atoms with E-state index in [0.29, 0.717) is 6.04 Å². The minimum absolute atomic E-state index is 0.326. The first-order valence-electron chi connectivity index (χ1n) is 10.9. The van der Waals surface area contributed by atoms with Gasteiger partial charge >= 0.3 is 0 Å². The zero-order valence-corrected chi connectivity index (χ0v) is 17.3. The lowest BCUT2D eigenvalue weighted by atomic mass is 9.88. The average molecular weight is 412 g/mol. The lowest BCUT2D eigenvalue weighted by Crippen LogP contribution is -2.35. The van der Waals surface area contributed by atoms with Crippen molar-refractivity contribution in [3.8, 4) is 11.5 Å². The van der Waals surface area contributed by atoms with Gasteiger partial charge in [-0.15, -0.1) is 0 Å². The van der Waals surface area contributed by atoms with Crippen LogP contribution in [0.5, 0.6) is 11.5 Å². The van der Waals surface area contributed by atoms with Crippen LogP contribution >= 0.6 is 0 Å². The Labute approximate surface area is 181 Å². The summed E-state index contributed by atoms with van der Waals surface area (Å²) in [6.45, 7) is 1.99. The number of benzene rings is 3. The van der Waals surface area contributed by atoms with Gasteiger partial charge in [-0.25, -0.2) is 0 Å². The van der Waals surface area contributed by atoms with E-state index in [1.165, 1.54) is 33.2 Å². The third-order valence-corrected chi connectivity index (χ3v) is 6.57. The second kappa shape index (κ2) is 7.76. The number of nitrogens with one attached hydrogen (secondary N) is 2. The number of fused-ring (bicyclic) bond motifs is 3. The molecule has 0 spiro atoms. The molecule has 0 saturated heterocycles. The lowest BCUT2D eigenvalue weighted by Gasteiger charge is -2.37. The molecule has 1 unspecified atom stereocenters. The number of aromatic amines is 1. The zero-order chi connectivity index (χ0) is 20.6. The van der Waals surface area contributed by atoms with Gasteiger partial charge in [-0.3, -0.25) is 4.90 Å². The number of aryl methyl sites for hydroxylation is 1. The van der Waals surface area contributed by atoms with Crippen molar-refractivity contribution >= 4 is 10.9 Å². The zero-order valence-electron chi connectivity index (χ0n) is 17.3. The Balaban J connectivity index is 1.33. The summed E-state index contributed by atoms with van der Waals surface area (Å²) < 4.78 is 0. The van der Waals surface area contributed by atoms with Crippen molar-refractivity contribution in [2.75, 3.05) is 6.54 Å². The molecule has 3 heterocycles. The van der Waals surface area contributed by atoms with Crippen LogP contribution in [-0.4, -0.2) is 16.4 Å². The van der Waals surface area contributed by atoms with E-state index in [9.17, 15) is 0 Å². The molecule has 31 heavy (non-hydrogen) atoms. The summed E-state index contributed by atoms with van der Waals surface area (Å²) in [5.41, 5.74) is 9.19. The fourth-order valence-corrected chi connectivity index (χ4v) is 5.01. The third kappa shape index (κ3) is 3.46. The Morgan fingerprint density at radius 2 is 1.74 bits per heavy atom. The summed E-state index contributed by atoms with van der Waals surface area (Å²) in [5, 5.41) is 1.32. The SMILES string of the molecule is c1ccc(CN2CCc3cc4c(cc3C2CCc2c[nH]c3ccccc23)ONO4)cc1. The molecule has 3 aromatic carbocycles. The first-order valence-corrected chi connectivity index (χ1v) is 10.9. The van der Waals surface area contributed by atoms with Crippen molar-refractivity contribution in [3.63, 3.8) is 0 Å². The topological polar surface area (TPSA) is 49.5 Å². The standard InChI is InChI=1S/C26H25N3O2/c1-2-6-18(7-3-1)17-29-13-12-19-14-25-26(31-28-30-25)15-22(19)24(29)11-10-20-16-27-23-9-5-4-8-21(20)23/h1-9,14-16,24,27-28H,10-13,17H2. The minimum atomic E-state index is 0.326. The van der Waals surface area contributed by atoms with Crippen molar-refractivity contribution < 1.29 is 9.68 Å². The highest BCUT2D eigenvalue weighted by Crippen LogP contribution is 2.41. The van der Waals surface area contributed by atoms with Crippen LogP contribution in [0.1, 0.15) is 34.7 Å². The first-order chi connectivity index (χ1) is 15.3. The van der Waals surface area contributed by atoms with E-state index < -0.39 is 0 Å². The van der Waals surface area contributed by atoms with E-state index >= 15 is 0 Å². The number of para-hydroxylation sites is 1. The Bertz CT molecular complexity index is 1220. The van der Waals surface area contributed by atoms with Crippen LogP contribution in [0.25, 0.3) is 10.9 Å². The third-order valence-electron chi connectivity index (χ3n) is 6.57. The Morgan fingerprint density at radius 1 is 0.935 bits per heavy atom. The van der Waals surface area contributed by atoms with Crippen LogP contribution in [0.2, 0.25) is 0 Å². The van der Waals surface area contributed by atoms with E-state index in [0.717, 1.165) is 43.9 Å². The summed E-state index contributed by atoms with van der Waals surface area (Å²) in [6.07, 6.45) is 5.25. The summed E-state index contributed by atoms with van der Waals surface area (Å²) in [4.78, 5) is 16.9. The smallest absolute Gasteiger partial charge is 0.196 e. The number of H-pyrrole nitrogens is 1. The maximum atomic E-state index is 5.48. The molecule has 5 nitrogen and oxygen atoms in total. The number of rotatable bonds is 5. The van der Waals surface area contributed by atoms with Gasteiger partial charge in [-0.1, -0.05) is 48.5 Å². The summed E-state index contributed by atoms with van der Waals surface area (Å²) in [7, 11) is 0. The molecule has 0 saturated carbocycles. The first kappa shape index (κ1) is 18.5. The molecular weight excluding hydrogens is 386 g/mol. The molecule has 0 fully saturated rings. The monoisotopic (exact) mass is 411 g/mol. The van der Waals surface area contributed by atoms with Crippen LogP contribution < -0.4 is 15.3 Å². The maximum Gasteiger partial charge on any atom is 0.196 e. The Morgan fingerprint density at radius 3 is 2.65 bits per heavy atom. The summed E-state index contributed by atoms with van der Waals surface area (Å²) in [5.74, 6) is 1.56. The van der Waals surface area contributed by atoms with Gasteiger partial charge in [0.2, 0.25) is 0 Å².